The van der Waals surface area contributed by atoms with Crippen LogP contribution in [0.3, 0.4) is 0 Å². The average Bonchev–Trinajstić information content (AvgIpc) is 2.36. The summed E-state index contributed by atoms with van der Waals surface area (Å²) in [4.78, 5) is 21.6. The number of hydrogen-bond donors (Lipinski definition) is 0. The van der Waals surface area contributed by atoms with E-state index >= 15 is 0 Å². The molecule has 0 heterocycles. The normalized spacial score (nSPS) is 9.20. The number of rotatable bonds is 4. The van der Waals surface area contributed by atoms with Crippen molar-refractivity contribution in [2.45, 2.75) is 13.8 Å². The van der Waals surface area contributed by atoms with E-state index in [1.807, 2.05) is 0 Å². The third-order valence-electron chi connectivity index (χ3n) is 2.03. The molecule has 0 N–H and O–H groups in total. The van der Waals surface area contributed by atoms with Crippen LogP contribution < -0.4 is 9.47 Å². The molecule has 6 heteroatoms. The molecular formula is C14H13ClO5. The second-order valence-corrected chi connectivity index (χ2v) is 4.00. The molecular weight excluding hydrogens is 284 g/mol. The fourth-order valence-corrected chi connectivity index (χ4v) is 1.47. The van der Waals surface area contributed by atoms with Crippen LogP contribution in [0.2, 0.25) is 0 Å². The van der Waals surface area contributed by atoms with Crippen molar-refractivity contribution in [3.63, 3.8) is 0 Å². The molecule has 0 aliphatic heterocycles. The lowest BCUT2D eigenvalue weighted by Gasteiger charge is -2.08. The van der Waals surface area contributed by atoms with Crippen molar-refractivity contribution in [2.24, 2.45) is 0 Å². The summed E-state index contributed by atoms with van der Waals surface area (Å²) in [7, 11) is 1.46. The van der Waals surface area contributed by atoms with Crippen LogP contribution >= 0.6 is 11.6 Å². The minimum atomic E-state index is -0.529. The van der Waals surface area contributed by atoms with Gasteiger partial charge in [0.05, 0.1) is 7.11 Å². The monoisotopic (exact) mass is 296 g/mol. The molecule has 0 fully saturated rings. The number of ether oxygens (including phenoxy) is 3. The van der Waals surface area contributed by atoms with Crippen LogP contribution in [0.5, 0.6) is 11.5 Å². The molecule has 1 aromatic carbocycles. The molecule has 0 aliphatic carbocycles. The standard InChI is InChI=1S/C14H13ClO5/c1-9(16)19-12-6-4-11(8-13(12)18-3)5-7-14(15)20-10(2)17/h4-6,8H,1-3H3. The number of benzene rings is 1. The molecule has 0 atom stereocenters. The van der Waals surface area contributed by atoms with E-state index in [0.717, 1.165) is 0 Å². The first-order valence-corrected chi connectivity index (χ1v) is 5.97. The Hall–Kier alpha value is -2.23. The SMILES string of the molecule is COc1cc(C=C=C(Cl)OC(C)=O)ccc1OC(C)=O. The maximum Gasteiger partial charge on any atom is 0.309 e. The number of methoxy groups -OCH3 is 1. The van der Waals surface area contributed by atoms with Gasteiger partial charge in [0.25, 0.3) is 0 Å². The molecule has 0 saturated heterocycles. The summed E-state index contributed by atoms with van der Waals surface area (Å²) in [5.41, 5.74) is 3.28. The largest absolute Gasteiger partial charge is 0.493 e. The number of halogens is 1. The third-order valence-corrected chi connectivity index (χ3v) is 2.21. The number of carbonyl (C=O) groups is 2. The smallest absolute Gasteiger partial charge is 0.309 e. The Bertz CT molecular complexity index is 585. The Balaban J connectivity index is 3.01. The first-order valence-electron chi connectivity index (χ1n) is 5.59. The molecule has 0 spiro atoms. The highest BCUT2D eigenvalue weighted by Gasteiger charge is 2.07. The Morgan fingerprint density at radius 3 is 2.45 bits per heavy atom. The molecule has 0 aromatic heterocycles. The lowest BCUT2D eigenvalue weighted by atomic mass is 10.2. The fourth-order valence-electron chi connectivity index (χ4n) is 1.31. The third kappa shape index (κ3) is 5.18. The first kappa shape index (κ1) is 15.8. The Morgan fingerprint density at radius 1 is 1.20 bits per heavy atom. The summed E-state index contributed by atoms with van der Waals surface area (Å²) in [5.74, 6) is -0.269. The molecule has 0 aliphatic rings. The highest BCUT2D eigenvalue weighted by molar-refractivity contribution is 6.28. The first-order chi connectivity index (χ1) is 9.42. The van der Waals surface area contributed by atoms with E-state index in [1.54, 1.807) is 18.2 Å². The predicted molar refractivity (Wildman–Crippen MR) is 73.4 cm³/mol. The van der Waals surface area contributed by atoms with Gasteiger partial charge in [0.15, 0.2) is 11.5 Å². The summed E-state index contributed by atoms with van der Waals surface area (Å²) in [6, 6.07) is 4.88. The number of hydrogen-bond acceptors (Lipinski definition) is 5. The zero-order valence-electron chi connectivity index (χ0n) is 11.2. The topological polar surface area (TPSA) is 61.8 Å². The highest BCUT2D eigenvalue weighted by Crippen LogP contribution is 2.28. The zero-order chi connectivity index (χ0) is 15.1. The van der Waals surface area contributed by atoms with Gasteiger partial charge in [-0.2, -0.15) is 0 Å². The molecule has 0 amide bonds. The Morgan fingerprint density at radius 2 is 1.90 bits per heavy atom. The van der Waals surface area contributed by atoms with Crippen molar-refractivity contribution in [1.29, 1.82) is 0 Å². The van der Waals surface area contributed by atoms with E-state index in [2.05, 4.69) is 10.5 Å². The Kier molecular flexibility index (Phi) is 5.84. The van der Waals surface area contributed by atoms with E-state index in [4.69, 9.17) is 21.1 Å². The van der Waals surface area contributed by atoms with Gasteiger partial charge in [-0.25, -0.2) is 0 Å². The van der Waals surface area contributed by atoms with Gasteiger partial charge in [0.2, 0.25) is 5.22 Å². The molecule has 106 valence electrons. The van der Waals surface area contributed by atoms with Crippen molar-refractivity contribution in [3.05, 3.63) is 34.7 Å². The minimum absolute atomic E-state index is 0.166. The van der Waals surface area contributed by atoms with Gasteiger partial charge in [-0.3, -0.25) is 9.59 Å². The highest BCUT2D eigenvalue weighted by atomic mass is 35.5. The van der Waals surface area contributed by atoms with Crippen LogP contribution in [0.1, 0.15) is 19.4 Å². The van der Waals surface area contributed by atoms with E-state index in [1.165, 1.54) is 27.0 Å². The summed E-state index contributed by atoms with van der Waals surface area (Å²) < 4.78 is 14.7. The predicted octanol–water partition coefficient (Wildman–Crippen LogP) is 2.88. The molecule has 1 aromatic rings. The molecule has 0 bridgehead atoms. The molecule has 0 saturated carbocycles. The Labute approximate surface area is 121 Å². The van der Waals surface area contributed by atoms with Gasteiger partial charge in [-0.1, -0.05) is 11.8 Å². The van der Waals surface area contributed by atoms with E-state index in [0.29, 0.717) is 17.1 Å². The van der Waals surface area contributed by atoms with E-state index in [-0.39, 0.29) is 5.22 Å². The molecule has 1 rings (SSSR count). The van der Waals surface area contributed by atoms with Crippen molar-refractivity contribution in [2.75, 3.05) is 7.11 Å². The van der Waals surface area contributed by atoms with Gasteiger partial charge < -0.3 is 14.2 Å². The van der Waals surface area contributed by atoms with Crippen molar-refractivity contribution < 1.29 is 23.8 Å². The van der Waals surface area contributed by atoms with Crippen LogP contribution in [0.4, 0.5) is 0 Å². The van der Waals surface area contributed by atoms with Crippen molar-refractivity contribution >= 4 is 29.6 Å². The summed E-state index contributed by atoms with van der Waals surface area (Å²) >= 11 is 5.63. The molecule has 0 unspecified atom stereocenters. The summed E-state index contributed by atoms with van der Waals surface area (Å²) in [6.07, 6.45) is 1.51. The van der Waals surface area contributed by atoms with Crippen molar-refractivity contribution in [3.8, 4) is 11.5 Å². The lowest BCUT2D eigenvalue weighted by Crippen LogP contribution is -2.02. The summed E-state index contributed by atoms with van der Waals surface area (Å²) in [5, 5.41) is -0.166. The van der Waals surface area contributed by atoms with Crippen LogP contribution in [0, 0.1) is 0 Å². The van der Waals surface area contributed by atoms with Gasteiger partial charge in [-0.05, 0) is 35.4 Å². The van der Waals surface area contributed by atoms with Gasteiger partial charge in [0, 0.05) is 13.8 Å². The molecule has 5 nitrogen and oxygen atoms in total. The van der Waals surface area contributed by atoms with Crippen LogP contribution in [0.15, 0.2) is 29.1 Å². The van der Waals surface area contributed by atoms with Crippen LogP contribution in [-0.4, -0.2) is 19.0 Å². The van der Waals surface area contributed by atoms with Crippen molar-refractivity contribution in [1.82, 2.24) is 0 Å². The maximum atomic E-state index is 10.9. The number of carbonyl (C=O) groups excluding carboxylic acids is 2. The quantitative estimate of drug-likeness (QED) is 0.370. The fraction of sp³-hybridized carbons (Fsp3) is 0.214. The molecule has 20 heavy (non-hydrogen) atoms. The van der Waals surface area contributed by atoms with Gasteiger partial charge >= 0.3 is 11.9 Å². The second kappa shape index (κ2) is 7.38. The van der Waals surface area contributed by atoms with Gasteiger partial charge in [0.1, 0.15) is 0 Å². The second-order valence-electron chi connectivity index (χ2n) is 3.66. The average molecular weight is 297 g/mol. The van der Waals surface area contributed by atoms with Gasteiger partial charge in [-0.15, -0.1) is 0 Å². The number of esters is 2. The van der Waals surface area contributed by atoms with E-state index in [9.17, 15) is 9.59 Å². The lowest BCUT2D eigenvalue weighted by molar-refractivity contribution is -0.136. The minimum Gasteiger partial charge on any atom is -0.493 e. The maximum absolute atomic E-state index is 10.9. The van der Waals surface area contributed by atoms with Crippen LogP contribution in [0.25, 0.3) is 6.08 Å². The zero-order valence-corrected chi connectivity index (χ0v) is 12.0. The van der Waals surface area contributed by atoms with E-state index < -0.39 is 11.9 Å². The van der Waals surface area contributed by atoms with Crippen LogP contribution in [-0.2, 0) is 14.3 Å². The molecule has 0 radical (unpaired) electrons. The summed E-state index contributed by atoms with van der Waals surface area (Å²) in [6.45, 7) is 2.54.